The first kappa shape index (κ1) is 15.1. The van der Waals surface area contributed by atoms with Crippen LogP contribution < -0.4 is 5.32 Å². The van der Waals surface area contributed by atoms with Crippen molar-refractivity contribution in [1.29, 1.82) is 0 Å². The van der Waals surface area contributed by atoms with Gasteiger partial charge in [-0.2, -0.15) is 5.10 Å². The molecule has 1 saturated carbocycles. The Morgan fingerprint density at radius 1 is 1.27 bits per heavy atom. The van der Waals surface area contributed by atoms with Crippen LogP contribution >= 0.6 is 11.8 Å². The SMILES string of the molecule is O=C(CCn1cncn1)Nc1ccc(SC2CCCC2)cc1. The maximum absolute atomic E-state index is 11.9. The van der Waals surface area contributed by atoms with Crippen molar-refractivity contribution in [2.24, 2.45) is 0 Å². The minimum atomic E-state index is -0.00769. The van der Waals surface area contributed by atoms with Gasteiger partial charge >= 0.3 is 0 Å². The molecule has 1 aromatic carbocycles. The molecule has 0 saturated heterocycles. The summed E-state index contributed by atoms with van der Waals surface area (Å²) in [6, 6.07) is 8.14. The molecule has 0 aliphatic heterocycles. The number of hydrogen-bond acceptors (Lipinski definition) is 4. The second-order valence-corrected chi connectivity index (χ2v) is 6.88. The van der Waals surface area contributed by atoms with Crippen LogP contribution in [0.15, 0.2) is 41.8 Å². The van der Waals surface area contributed by atoms with Crippen LogP contribution in [0.3, 0.4) is 0 Å². The number of carbonyl (C=O) groups excluding carboxylic acids is 1. The topological polar surface area (TPSA) is 59.8 Å². The molecule has 22 heavy (non-hydrogen) atoms. The number of anilines is 1. The Morgan fingerprint density at radius 2 is 2.05 bits per heavy atom. The van der Waals surface area contributed by atoms with E-state index in [0.29, 0.717) is 13.0 Å². The molecular weight excluding hydrogens is 296 g/mol. The Hall–Kier alpha value is -1.82. The van der Waals surface area contributed by atoms with Gasteiger partial charge in [0, 0.05) is 22.3 Å². The van der Waals surface area contributed by atoms with Crippen LogP contribution in [-0.4, -0.2) is 25.9 Å². The van der Waals surface area contributed by atoms with E-state index in [1.165, 1.54) is 36.9 Å². The molecule has 1 N–H and O–H groups in total. The minimum absolute atomic E-state index is 0.00769. The molecule has 5 nitrogen and oxygen atoms in total. The van der Waals surface area contributed by atoms with Crippen molar-refractivity contribution in [2.45, 2.75) is 48.8 Å². The summed E-state index contributed by atoms with van der Waals surface area (Å²) in [6.07, 6.45) is 8.84. The Balaban J connectivity index is 1.46. The summed E-state index contributed by atoms with van der Waals surface area (Å²) in [5, 5.41) is 7.66. The fourth-order valence-electron chi connectivity index (χ4n) is 2.60. The monoisotopic (exact) mass is 316 g/mol. The van der Waals surface area contributed by atoms with Crippen molar-refractivity contribution >= 4 is 23.4 Å². The van der Waals surface area contributed by atoms with E-state index in [9.17, 15) is 4.79 Å². The fourth-order valence-corrected chi connectivity index (χ4v) is 3.85. The number of rotatable bonds is 6. The number of nitrogens with zero attached hydrogens (tertiary/aromatic N) is 3. The van der Waals surface area contributed by atoms with Gasteiger partial charge in [0.15, 0.2) is 0 Å². The highest BCUT2D eigenvalue weighted by molar-refractivity contribution is 8.00. The van der Waals surface area contributed by atoms with Crippen molar-refractivity contribution in [1.82, 2.24) is 14.8 Å². The second kappa shape index (κ2) is 7.45. The normalized spacial score (nSPS) is 15.1. The van der Waals surface area contributed by atoms with Crippen LogP contribution in [0.25, 0.3) is 0 Å². The standard InChI is InChI=1S/C16H20N4OS/c21-16(9-10-20-12-17-11-18-20)19-13-5-7-15(8-6-13)22-14-3-1-2-4-14/h5-8,11-12,14H,1-4,9-10H2,(H,19,21). The number of aromatic nitrogens is 3. The molecule has 0 bridgehead atoms. The van der Waals surface area contributed by atoms with Crippen molar-refractivity contribution in [3.8, 4) is 0 Å². The minimum Gasteiger partial charge on any atom is -0.326 e. The molecule has 116 valence electrons. The van der Waals surface area contributed by atoms with Gasteiger partial charge in [0.1, 0.15) is 12.7 Å². The van der Waals surface area contributed by atoms with Gasteiger partial charge in [-0.15, -0.1) is 11.8 Å². The van der Waals surface area contributed by atoms with E-state index in [1.807, 2.05) is 23.9 Å². The molecule has 6 heteroatoms. The largest absolute Gasteiger partial charge is 0.326 e. The van der Waals surface area contributed by atoms with Gasteiger partial charge in [0.25, 0.3) is 0 Å². The molecular formula is C16H20N4OS. The second-order valence-electron chi connectivity index (χ2n) is 5.51. The van der Waals surface area contributed by atoms with Gasteiger partial charge in [-0.3, -0.25) is 9.48 Å². The smallest absolute Gasteiger partial charge is 0.226 e. The molecule has 1 fully saturated rings. The van der Waals surface area contributed by atoms with Gasteiger partial charge in [0.05, 0.1) is 6.54 Å². The summed E-state index contributed by atoms with van der Waals surface area (Å²) in [6.45, 7) is 0.543. The van der Waals surface area contributed by atoms with E-state index in [-0.39, 0.29) is 5.91 Å². The highest BCUT2D eigenvalue weighted by Gasteiger charge is 2.15. The molecule has 1 heterocycles. The van der Waals surface area contributed by atoms with Gasteiger partial charge in [0.2, 0.25) is 5.91 Å². The Kier molecular flexibility index (Phi) is 5.11. The predicted octanol–water partition coefficient (Wildman–Crippen LogP) is 3.34. The van der Waals surface area contributed by atoms with Crippen molar-refractivity contribution in [2.75, 3.05) is 5.32 Å². The van der Waals surface area contributed by atoms with E-state index < -0.39 is 0 Å². The first-order valence-electron chi connectivity index (χ1n) is 7.68. The number of benzene rings is 1. The molecule has 3 rings (SSSR count). The third-order valence-electron chi connectivity index (χ3n) is 3.78. The van der Waals surface area contributed by atoms with Gasteiger partial charge in [-0.25, -0.2) is 4.98 Å². The molecule has 2 aromatic rings. The summed E-state index contributed by atoms with van der Waals surface area (Å²) in [7, 11) is 0. The highest BCUT2D eigenvalue weighted by atomic mass is 32.2. The number of nitrogens with one attached hydrogen (secondary N) is 1. The lowest BCUT2D eigenvalue weighted by atomic mass is 10.3. The average molecular weight is 316 g/mol. The van der Waals surface area contributed by atoms with E-state index in [2.05, 4.69) is 27.5 Å². The Labute approximate surface area is 134 Å². The zero-order valence-corrected chi connectivity index (χ0v) is 13.3. The van der Waals surface area contributed by atoms with E-state index >= 15 is 0 Å². The summed E-state index contributed by atoms with van der Waals surface area (Å²) >= 11 is 1.96. The lowest BCUT2D eigenvalue weighted by molar-refractivity contribution is -0.116. The maximum Gasteiger partial charge on any atom is 0.226 e. The lowest BCUT2D eigenvalue weighted by Crippen LogP contribution is -2.14. The van der Waals surface area contributed by atoms with Gasteiger partial charge in [-0.1, -0.05) is 12.8 Å². The third-order valence-corrected chi connectivity index (χ3v) is 5.13. The van der Waals surface area contributed by atoms with Crippen LogP contribution in [-0.2, 0) is 11.3 Å². The predicted molar refractivity (Wildman–Crippen MR) is 87.8 cm³/mol. The van der Waals surface area contributed by atoms with Crippen LogP contribution in [0.2, 0.25) is 0 Å². The number of thioether (sulfide) groups is 1. The Morgan fingerprint density at radius 3 is 2.73 bits per heavy atom. The summed E-state index contributed by atoms with van der Waals surface area (Å²) < 4.78 is 1.65. The molecule has 1 aromatic heterocycles. The van der Waals surface area contributed by atoms with E-state index in [4.69, 9.17) is 0 Å². The van der Waals surface area contributed by atoms with Crippen LogP contribution in [0.5, 0.6) is 0 Å². The number of aryl methyl sites for hydroxylation is 1. The number of hydrogen-bond donors (Lipinski definition) is 1. The molecule has 1 amide bonds. The Bertz CT molecular complexity index is 591. The average Bonchev–Trinajstić information content (AvgIpc) is 3.20. The summed E-state index contributed by atoms with van der Waals surface area (Å²) in [4.78, 5) is 17.0. The first-order chi connectivity index (χ1) is 10.8. The quantitative estimate of drug-likeness (QED) is 0.888. The lowest BCUT2D eigenvalue weighted by Gasteiger charge is -2.10. The zero-order chi connectivity index (χ0) is 15.2. The first-order valence-corrected chi connectivity index (χ1v) is 8.56. The van der Waals surface area contributed by atoms with Crippen molar-refractivity contribution in [3.63, 3.8) is 0 Å². The molecule has 0 unspecified atom stereocenters. The van der Waals surface area contributed by atoms with Crippen LogP contribution in [0, 0.1) is 0 Å². The molecule has 1 aliphatic carbocycles. The number of amides is 1. The summed E-state index contributed by atoms with van der Waals surface area (Å²) in [5.74, 6) is -0.00769. The molecule has 0 atom stereocenters. The van der Waals surface area contributed by atoms with Crippen molar-refractivity contribution < 1.29 is 4.79 Å². The molecule has 0 radical (unpaired) electrons. The summed E-state index contributed by atoms with van der Waals surface area (Å²) in [5.41, 5.74) is 0.847. The highest BCUT2D eigenvalue weighted by Crippen LogP contribution is 2.34. The van der Waals surface area contributed by atoms with E-state index in [0.717, 1.165) is 10.9 Å². The van der Waals surface area contributed by atoms with E-state index in [1.54, 1.807) is 11.0 Å². The zero-order valence-electron chi connectivity index (χ0n) is 12.4. The van der Waals surface area contributed by atoms with Gasteiger partial charge < -0.3 is 5.32 Å². The van der Waals surface area contributed by atoms with Crippen molar-refractivity contribution in [3.05, 3.63) is 36.9 Å². The van der Waals surface area contributed by atoms with Crippen LogP contribution in [0.1, 0.15) is 32.1 Å². The van der Waals surface area contributed by atoms with Crippen LogP contribution in [0.4, 0.5) is 5.69 Å². The maximum atomic E-state index is 11.9. The fraction of sp³-hybridized carbons (Fsp3) is 0.438. The number of carbonyl (C=O) groups is 1. The third kappa shape index (κ3) is 4.34. The van der Waals surface area contributed by atoms with Gasteiger partial charge in [-0.05, 0) is 37.1 Å². The molecule has 1 aliphatic rings. The molecule has 0 spiro atoms.